The molecule has 2 aromatic rings. The van der Waals surface area contributed by atoms with Gasteiger partial charge in [0.2, 0.25) is 0 Å². The average Bonchev–Trinajstić information content (AvgIpc) is 2.45. The van der Waals surface area contributed by atoms with Crippen molar-refractivity contribution in [1.82, 2.24) is 0 Å². The summed E-state index contributed by atoms with van der Waals surface area (Å²) in [5.41, 5.74) is 7.16. The maximum Gasteiger partial charge on any atom is 0.170 e. The molecular weight excluding hydrogens is 228 g/mol. The lowest BCUT2D eigenvalue weighted by Gasteiger charge is -2.09. The van der Waals surface area contributed by atoms with Crippen LogP contribution in [0.4, 0.5) is 0 Å². The second-order valence-electron chi connectivity index (χ2n) is 3.74. The summed E-state index contributed by atoms with van der Waals surface area (Å²) in [7, 11) is 0. The molecule has 92 valence electrons. The monoisotopic (exact) mass is 242 g/mol. The van der Waals surface area contributed by atoms with E-state index in [1.165, 1.54) is 0 Å². The van der Waals surface area contributed by atoms with Crippen molar-refractivity contribution >= 4 is 5.84 Å². The number of oxime groups is 1. The molecule has 0 atom stereocenters. The number of para-hydroxylation sites is 1. The fourth-order valence-electron chi connectivity index (χ4n) is 1.63. The molecule has 0 aliphatic rings. The van der Waals surface area contributed by atoms with Crippen LogP contribution in [0.25, 0.3) is 0 Å². The van der Waals surface area contributed by atoms with Crippen LogP contribution in [0.3, 0.4) is 0 Å². The van der Waals surface area contributed by atoms with Gasteiger partial charge in [-0.15, -0.1) is 0 Å². The van der Waals surface area contributed by atoms with Crippen molar-refractivity contribution in [3.8, 4) is 5.75 Å². The molecule has 0 aromatic heterocycles. The average molecular weight is 242 g/mol. The van der Waals surface area contributed by atoms with Crippen molar-refractivity contribution in [3.05, 3.63) is 65.7 Å². The predicted octanol–water partition coefficient (Wildman–Crippen LogP) is 2.36. The molecule has 0 saturated heterocycles. The Kier molecular flexibility index (Phi) is 3.81. The third-order valence-electron chi connectivity index (χ3n) is 2.54. The Morgan fingerprint density at radius 2 is 1.72 bits per heavy atom. The SMILES string of the molecule is N/C(=N\O)c1ccccc1COc1ccccc1. The standard InChI is InChI=1S/C14H14N2O2/c15-14(16-17)13-9-5-4-6-11(13)10-18-12-7-2-1-3-8-12/h1-9,17H,10H2,(H2,15,16). The maximum absolute atomic E-state index is 8.72. The van der Waals surface area contributed by atoms with Gasteiger partial charge in [-0.1, -0.05) is 47.6 Å². The fourth-order valence-corrected chi connectivity index (χ4v) is 1.63. The molecule has 0 aliphatic heterocycles. The molecule has 0 radical (unpaired) electrons. The molecule has 0 spiro atoms. The van der Waals surface area contributed by atoms with Crippen LogP contribution in [0, 0.1) is 0 Å². The third kappa shape index (κ3) is 2.79. The second kappa shape index (κ2) is 5.72. The number of nitrogens with two attached hydrogens (primary N) is 1. The summed E-state index contributed by atoms with van der Waals surface area (Å²) < 4.78 is 5.64. The molecule has 0 amide bonds. The summed E-state index contributed by atoms with van der Waals surface area (Å²) in [6.45, 7) is 0.371. The van der Waals surface area contributed by atoms with E-state index in [9.17, 15) is 0 Å². The van der Waals surface area contributed by atoms with Crippen LogP contribution in [0.5, 0.6) is 5.75 Å². The molecule has 0 heterocycles. The van der Waals surface area contributed by atoms with E-state index in [2.05, 4.69) is 5.16 Å². The topological polar surface area (TPSA) is 67.8 Å². The van der Waals surface area contributed by atoms with Gasteiger partial charge in [0.15, 0.2) is 5.84 Å². The van der Waals surface area contributed by atoms with Crippen molar-refractivity contribution in [2.75, 3.05) is 0 Å². The summed E-state index contributed by atoms with van der Waals surface area (Å²) in [5.74, 6) is 0.870. The van der Waals surface area contributed by atoms with E-state index < -0.39 is 0 Å². The van der Waals surface area contributed by atoms with Crippen molar-refractivity contribution < 1.29 is 9.94 Å². The minimum atomic E-state index is 0.0854. The molecule has 4 nitrogen and oxygen atoms in total. The number of hydrogen-bond donors (Lipinski definition) is 2. The van der Waals surface area contributed by atoms with Gasteiger partial charge >= 0.3 is 0 Å². The number of hydrogen-bond acceptors (Lipinski definition) is 3. The smallest absolute Gasteiger partial charge is 0.170 e. The number of amidine groups is 1. The van der Waals surface area contributed by atoms with E-state index >= 15 is 0 Å². The number of nitrogens with zero attached hydrogens (tertiary/aromatic N) is 1. The van der Waals surface area contributed by atoms with Gasteiger partial charge in [0.05, 0.1) is 0 Å². The Morgan fingerprint density at radius 3 is 2.44 bits per heavy atom. The van der Waals surface area contributed by atoms with Crippen molar-refractivity contribution in [1.29, 1.82) is 0 Å². The number of ether oxygens (including phenoxy) is 1. The molecule has 2 rings (SSSR count). The summed E-state index contributed by atoms with van der Waals surface area (Å²) in [4.78, 5) is 0. The van der Waals surface area contributed by atoms with Crippen LogP contribution >= 0.6 is 0 Å². The lowest BCUT2D eigenvalue weighted by atomic mass is 10.1. The zero-order chi connectivity index (χ0) is 12.8. The Labute approximate surface area is 105 Å². The van der Waals surface area contributed by atoms with Gasteiger partial charge in [0, 0.05) is 11.1 Å². The van der Waals surface area contributed by atoms with Gasteiger partial charge in [-0.05, 0) is 12.1 Å². The van der Waals surface area contributed by atoms with E-state index in [-0.39, 0.29) is 5.84 Å². The number of rotatable bonds is 4. The van der Waals surface area contributed by atoms with Gasteiger partial charge in [-0.2, -0.15) is 0 Å². The quantitative estimate of drug-likeness (QED) is 0.374. The zero-order valence-corrected chi connectivity index (χ0v) is 9.78. The van der Waals surface area contributed by atoms with Crippen LogP contribution < -0.4 is 10.5 Å². The number of benzene rings is 2. The highest BCUT2D eigenvalue weighted by atomic mass is 16.5. The molecule has 0 saturated carbocycles. The van der Waals surface area contributed by atoms with Crippen molar-refractivity contribution in [2.45, 2.75) is 6.61 Å². The third-order valence-corrected chi connectivity index (χ3v) is 2.54. The van der Waals surface area contributed by atoms with Gasteiger partial charge in [-0.25, -0.2) is 0 Å². The van der Waals surface area contributed by atoms with Crippen LogP contribution in [0.2, 0.25) is 0 Å². The Hall–Kier alpha value is -2.49. The van der Waals surface area contributed by atoms with Crippen LogP contribution in [-0.2, 0) is 6.61 Å². The first-order valence-electron chi connectivity index (χ1n) is 5.55. The van der Waals surface area contributed by atoms with Crippen LogP contribution in [0.15, 0.2) is 59.8 Å². The molecule has 4 heteroatoms. The molecule has 0 aliphatic carbocycles. The highest BCUT2D eigenvalue weighted by Gasteiger charge is 2.06. The summed E-state index contributed by atoms with van der Waals surface area (Å²) in [5, 5.41) is 11.7. The van der Waals surface area contributed by atoms with E-state index in [1.807, 2.05) is 48.5 Å². The molecule has 0 unspecified atom stereocenters. The highest BCUT2D eigenvalue weighted by molar-refractivity contribution is 5.98. The lowest BCUT2D eigenvalue weighted by Crippen LogP contribution is -2.16. The molecular formula is C14H14N2O2. The van der Waals surface area contributed by atoms with Crippen LogP contribution in [-0.4, -0.2) is 11.0 Å². The summed E-state index contributed by atoms with van der Waals surface area (Å²) >= 11 is 0. The summed E-state index contributed by atoms with van der Waals surface area (Å²) in [6, 6.07) is 16.9. The van der Waals surface area contributed by atoms with Crippen LogP contribution in [0.1, 0.15) is 11.1 Å². The molecule has 0 fully saturated rings. The minimum absolute atomic E-state index is 0.0854. The van der Waals surface area contributed by atoms with E-state index in [4.69, 9.17) is 15.7 Å². The molecule has 0 bridgehead atoms. The van der Waals surface area contributed by atoms with Gasteiger partial charge in [-0.3, -0.25) is 0 Å². The Balaban J connectivity index is 2.15. The largest absolute Gasteiger partial charge is 0.489 e. The van der Waals surface area contributed by atoms with Crippen molar-refractivity contribution in [3.63, 3.8) is 0 Å². The maximum atomic E-state index is 8.72. The van der Waals surface area contributed by atoms with E-state index in [1.54, 1.807) is 6.07 Å². The fraction of sp³-hybridized carbons (Fsp3) is 0.0714. The molecule has 3 N–H and O–H groups in total. The molecule has 2 aromatic carbocycles. The van der Waals surface area contributed by atoms with Gasteiger partial charge < -0.3 is 15.7 Å². The second-order valence-corrected chi connectivity index (χ2v) is 3.74. The Morgan fingerprint density at radius 1 is 1.06 bits per heavy atom. The first-order chi connectivity index (χ1) is 8.81. The normalized spacial score (nSPS) is 11.2. The predicted molar refractivity (Wildman–Crippen MR) is 69.7 cm³/mol. The molecule has 18 heavy (non-hydrogen) atoms. The Bertz CT molecular complexity index is 539. The van der Waals surface area contributed by atoms with Crippen molar-refractivity contribution in [2.24, 2.45) is 10.9 Å². The first-order valence-corrected chi connectivity index (χ1v) is 5.55. The minimum Gasteiger partial charge on any atom is -0.489 e. The highest BCUT2D eigenvalue weighted by Crippen LogP contribution is 2.14. The van der Waals surface area contributed by atoms with Gasteiger partial charge in [0.25, 0.3) is 0 Å². The van der Waals surface area contributed by atoms with Gasteiger partial charge in [0.1, 0.15) is 12.4 Å². The van der Waals surface area contributed by atoms with E-state index in [0.717, 1.165) is 11.3 Å². The summed E-state index contributed by atoms with van der Waals surface area (Å²) in [6.07, 6.45) is 0. The first kappa shape index (κ1) is 12.0. The lowest BCUT2D eigenvalue weighted by molar-refractivity contribution is 0.305. The van der Waals surface area contributed by atoms with E-state index in [0.29, 0.717) is 12.2 Å². The zero-order valence-electron chi connectivity index (χ0n) is 9.78.